The molecule has 0 radical (unpaired) electrons. The maximum Gasteiger partial charge on any atom is 0.266 e. The third-order valence-electron chi connectivity index (χ3n) is 3.28. The fraction of sp³-hybridized carbons (Fsp3) is 0.125. The van der Waals surface area contributed by atoms with Gasteiger partial charge in [-0.1, -0.05) is 40.2 Å². The Bertz CT molecular complexity index is 718. The molecule has 1 aliphatic rings. The van der Waals surface area contributed by atoms with Gasteiger partial charge in [-0.05, 0) is 24.3 Å². The lowest BCUT2D eigenvalue weighted by Crippen LogP contribution is -2.41. The average molecular weight is 377 g/mol. The highest BCUT2D eigenvalue weighted by atomic mass is 79.9. The first kappa shape index (κ1) is 15.3. The molecule has 0 aliphatic carbocycles. The molecule has 0 bridgehead atoms. The van der Waals surface area contributed by atoms with Crippen LogP contribution in [0.5, 0.6) is 0 Å². The highest BCUT2D eigenvalue weighted by Gasteiger charge is 2.23. The van der Waals surface area contributed by atoms with E-state index in [1.165, 1.54) is 11.8 Å². The number of rotatable bonds is 3. The smallest absolute Gasteiger partial charge is 0.266 e. The summed E-state index contributed by atoms with van der Waals surface area (Å²) in [6.07, 6.45) is 0.293. The van der Waals surface area contributed by atoms with Gasteiger partial charge in [0.05, 0.1) is 10.9 Å². The molecule has 6 heteroatoms. The molecule has 0 saturated heterocycles. The first-order valence-electron chi connectivity index (χ1n) is 6.74. The number of fused-ring (bicyclic) bond motifs is 1. The van der Waals surface area contributed by atoms with Gasteiger partial charge in [-0.2, -0.15) is 0 Å². The molecule has 0 saturated carbocycles. The summed E-state index contributed by atoms with van der Waals surface area (Å²) in [5.41, 5.74) is 6.86. The van der Waals surface area contributed by atoms with Crippen molar-refractivity contribution in [3.63, 3.8) is 0 Å². The number of hydrogen-bond donors (Lipinski definition) is 2. The van der Waals surface area contributed by atoms with Gasteiger partial charge < -0.3 is 0 Å². The molecule has 2 N–H and O–H groups in total. The molecule has 112 valence electrons. The number of ketones is 1. The summed E-state index contributed by atoms with van der Waals surface area (Å²) >= 11 is 4.84. The number of carbonyl (C=O) groups is 2. The van der Waals surface area contributed by atoms with Crippen molar-refractivity contribution < 1.29 is 9.59 Å². The number of hydrogen-bond acceptors (Lipinski definition) is 4. The second-order valence-electron chi connectivity index (χ2n) is 4.84. The Morgan fingerprint density at radius 2 is 1.86 bits per heavy atom. The minimum Gasteiger partial charge on any atom is -0.294 e. The van der Waals surface area contributed by atoms with Crippen molar-refractivity contribution in [1.82, 2.24) is 10.9 Å². The molecule has 1 amide bonds. The van der Waals surface area contributed by atoms with E-state index in [9.17, 15) is 9.59 Å². The van der Waals surface area contributed by atoms with E-state index in [4.69, 9.17) is 0 Å². The van der Waals surface area contributed by atoms with Gasteiger partial charge in [0.25, 0.3) is 5.91 Å². The van der Waals surface area contributed by atoms with E-state index in [0.717, 1.165) is 9.37 Å². The summed E-state index contributed by atoms with van der Waals surface area (Å²) in [6.45, 7) is 0. The van der Waals surface area contributed by atoms with E-state index in [-0.39, 0.29) is 17.1 Å². The summed E-state index contributed by atoms with van der Waals surface area (Å²) in [4.78, 5) is 25.2. The van der Waals surface area contributed by atoms with Crippen molar-refractivity contribution in [2.75, 3.05) is 0 Å². The Kier molecular flexibility index (Phi) is 4.61. The third kappa shape index (κ3) is 3.40. The Balaban J connectivity index is 1.75. The van der Waals surface area contributed by atoms with Crippen molar-refractivity contribution in [2.45, 2.75) is 16.7 Å². The molecule has 1 heterocycles. The maximum atomic E-state index is 12.3. The van der Waals surface area contributed by atoms with Gasteiger partial charge in [-0.25, -0.2) is 5.43 Å². The molecule has 0 aromatic heterocycles. The number of Topliss-reactive ketones (excluding diaryl/α,β-unsaturated/α-hetero) is 1. The largest absolute Gasteiger partial charge is 0.294 e. The van der Waals surface area contributed by atoms with Gasteiger partial charge in [0.2, 0.25) is 0 Å². The van der Waals surface area contributed by atoms with Gasteiger partial charge in [0.15, 0.2) is 5.78 Å². The first-order valence-corrected chi connectivity index (χ1v) is 8.41. The van der Waals surface area contributed by atoms with Gasteiger partial charge in [0, 0.05) is 21.4 Å². The van der Waals surface area contributed by atoms with Crippen LogP contribution in [-0.4, -0.2) is 17.1 Å². The molecule has 22 heavy (non-hydrogen) atoms. The van der Waals surface area contributed by atoms with Crippen molar-refractivity contribution in [1.29, 1.82) is 0 Å². The van der Waals surface area contributed by atoms with Gasteiger partial charge >= 0.3 is 0 Å². The topological polar surface area (TPSA) is 58.2 Å². The van der Waals surface area contributed by atoms with Crippen LogP contribution in [0.4, 0.5) is 0 Å². The Morgan fingerprint density at radius 1 is 1.14 bits per heavy atom. The molecule has 3 rings (SSSR count). The quantitative estimate of drug-likeness (QED) is 0.806. The monoisotopic (exact) mass is 376 g/mol. The molecular formula is C16H13BrN2O2S. The zero-order valence-electron chi connectivity index (χ0n) is 11.5. The standard InChI is InChI=1S/C16H13BrN2O2S/c17-11-7-5-10(6-8-11)13(20)9-15-18-19-16(21)12-3-1-2-4-14(12)22-15/h1-8,15,18H,9H2,(H,19,21). The number of nitrogens with one attached hydrogen (secondary N) is 2. The fourth-order valence-electron chi connectivity index (χ4n) is 2.17. The van der Waals surface area contributed by atoms with E-state index >= 15 is 0 Å². The molecule has 2 aromatic carbocycles. The summed E-state index contributed by atoms with van der Waals surface area (Å²) in [7, 11) is 0. The van der Waals surface area contributed by atoms with E-state index in [0.29, 0.717) is 17.5 Å². The predicted octanol–water partition coefficient (Wildman–Crippen LogP) is 3.39. The summed E-state index contributed by atoms with van der Waals surface area (Å²) in [5.74, 6) is -0.146. The van der Waals surface area contributed by atoms with Crippen molar-refractivity contribution >= 4 is 39.4 Å². The summed E-state index contributed by atoms with van der Waals surface area (Å²) < 4.78 is 0.937. The third-order valence-corrected chi connectivity index (χ3v) is 4.99. The van der Waals surface area contributed by atoms with Gasteiger partial charge in [-0.15, -0.1) is 11.8 Å². The van der Waals surface area contributed by atoms with Crippen LogP contribution >= 0.6 is 27.7 Å². The van der Waals surface area contributed by atoms with Crippen LogP contribution in [0.1, 0.15) is 27.1 Å². The molecular weight excluding hydrogens is 364 g/mol. The molecule has 0 fully saturated rings. The number of amides is 1. The van der Waals surface area contributed by atoms with Crippen LogP contribution in [0.15, 0.2) is 57.9 Å². The minimum absolute atomic E-state index is 0.0335. The van der Waals surface area contributed by atoms with E-state index in [2.05, 4.69) is 26.8 Å². The van der Waals surface area contributed by atoms with Gasteiger partial charge in [-0.3, -0.25) is 15.0 Å². The van der Waals surface area contributed by atoms with Crippen LogP contribution in [0.25, 0.3) is 0 Å². The number of benzene rings is 2. The second-order valence-corrected chi connectivity index (χ2v) is 7.00. The molecule has 4 nitrogen and oxygen atoms in total. The number of halogens is 1. The normalized spacial score (nSPS) is 17.3. The van der Waals surface area contributed by atoms with Crippen LogP contribution in [0, 0.1) is 0 Å². The second kappa shape index (κ2) is 6.64. The van der Waals surface area contributed by atoms with Crippen LogP contribution in [0.2, 0.25) is 0 Å². The van der Waals surface area contributed by atoms with E-state index in [1.807, 2.05) is 30.3 Å². The Hall–Kier alpha value is -1.63. The lowest BCUT2D eigenvalue weighted by Gasteiger charge is -2.14. The summed E-state index contributed by atoms with van der Waals surface area (Å²) in [5, 5.41) is -0.205. The zero-order chi connectivity index (χ0) is 15.5. The Labute approximate surface area is 140 Å². The molecule has 1 aliphatic heterocycles. The highest BCUT2D eigenvalue weighted by molar-refractivity contribution is 9.10. The van der Waals surface area contributed by atoms with Crippen molar-refractivity contribution in [2.24, 2.45) is 0 Å². The zero-order valence-corrected chi connectivity index (χ0v) is 13.9. The maximum absolute atomic E-state index is 12.3. The lowest BCUT2D eigenvalue weighted by atomic mass is 10.1. The Morgan fingerprint density at radius 3 is 2.64 bits per heavy atom. The fourth-order valence-corrected chi connectivity index (χ4v) is 3.54. The van der Waals surface area contributed by atoms with Crippen molar-refractivity contribution in [3.05, 3.63) is 64.1 Å². The summed E-state index contributed by atoms with van der Waals surface area (Å²) in [6, 6.07) is 14.7. The van der Waals surface area contributed by atoms with Crippen molar-refractivity contribution in [3.8, 4) is 0 Å². The minimum atomic E-state index is -0.205. The first-order chi connectivity index (χ1) is 10.6. The molecule has 0 spiro atoms. The predicted molar refractivity (Wildman–Crippen MR) is 89.8 cm³/mol. The number of thioether (sulfide) groups is 1. The molecule has 2 aromatic rings. The lowest BCUT2D eigenvalue weighted by molar-refractivity contribution is 0.0915. The highest BCUT2D eigenvalue weighted by Crippen LogP contribution is 2.29. The van der Waals surface area contributed by atoms with Crippen LogP contribution in [0.3, 0.4) is 0 Å². The van der Waals surface area contributed by atoms with E-state index in [1.54, 1.807) is 18.2 Å². The number of hydrazine groups is 1. The average Bonchev–Trinajstić information content (AvgIpc) is 2.68. The van der Waals surface area contributed by atoms with Crippen LogP contribution in [-0.2, 0) is 0 Å². The van der Waals surface area contributed by atoms with Crippen LogP contribution < -0.4 is 10.9 Å². The number of carbonyl (C=O) groups excluding carboxylic acids is 2. The SMILES string of the molecule is O=C(CC1NNC(=O)c2ccccc2S1)c1ccc(Br)cc1. The van der Waals surface area contributed by atoms with Gasteiger partial charge in [0.1, 0.15) is 0 Å². The van der Waals surface area contributed by atoms with E-state index < -0.39 is 0 Å². The molecule has 1 unspecified atom stereocenters. The molecule has 1 atom stereocenters.